The van der Waals surface area contributed by atoms with Crippen molar-refractivity contribution in [1.82, 2.24) is 9.71 Å². The predicted molar refractivity (Wildman–Crippen MR) is 96.7 cm³/mol. The minimum Gasteiger partial charge on any atom is -0.397 e. The van der Waals surface area contributed by atoms with Crippen molar-refractivity contribution in [2.45, 2.75) is 25.2 Å². The summed E-state index contributed by atoms with van der Waals surface area (Å²) in [5.74, 6) is 0. The smallest absolute Gasteiger partial charge is 0.240 e. The summed E-state index contributed by atoms with van der Waals surface area (Å²) in [6.07, 6.45) is 2.29. The molecule has 0 atom stereocenters. The van der Waals surface area contributed by atoms with Crippen LogP contribution in [-0.4, -0.2) is 32.2 Å². The number of aliphatic imine (C=N–C) groups is 1. The van der Waals surface area contributed by atoms with Crippen LogP contribution in [0, 0.1) is 6.92 Å². The van der Waals surface area contributed by atoms with E-state index in [1.54, 1.807) is 36.5 Å². The molecule has 24 heavy (non-hydrogen) atoms. The van der Waals surface area contributed by atoms with E-state index in [9.17, 15) is 8.42 Å². The fraction of sp³-hybridized carbons (Fsp3) is 0.294. The zero-order valence-corrected chi connectivity index (χ0v) is 14.7. The Balaban J connectivity index is 1.97. The molecular formula is C17H22N4O2S. The number of hydrogen-bond acceptors (Lipinski definition) is 5. The van der Waals surface area contributed by atoms with Crippen LogP contribution in [0.3, 0.4) is 0 Å². The van der Waals surface area contributed by atoms with Crippen molar-refractivity contribution in [3.63, 3.8) is 0 Å². The van der Waals surface area contributed by atoms with Crippen molar-refractivity contribution in [2.24, 2.45) is 4.99 Å². The van der Waals surface area contributed by atoms with Crippen molar-refractivity contribution < 1.29 is 8.42 Å². The van der Waals surface area contributed by atoms with E-state index >= 15 is 0 Å². The molecule has 1 aromatic carbocycles. The van der Waals surface area contributed by atoms with E-state index in [0.717, 1.165) is 17.0 Å². The van der Waals surface area contributed by atoms with Gasteiger partial charge in [0.05, 0.1) is 34.7 Å². The van der Waals surface area contributed by atoms with Crippen LogP contribution in [0.25, 0.3) is 0 Å². The molecule has 2 aromatic rings. The van der Waals surface area contributed by atoms with E-state index in [0.29, 0.717) is 18.7 Å². The van der Waals surface area contributed by atoms with Crippen LogP contribution in [0.5, 0.6) is 0 Å². The average molecular weight is 346 g/mol. The number of aryl methyl sites for hydroxylation is 1. The van der Waals surface area contributed by atoms with Crippen LogP contribution in [-0.2, 0) is 10.0 Å². The number of nitrogens with zero attached hydrogens (tertiary/aromatic N) is 2. The molecule has 7 heteroatoms. The highest BCUT2D eigenvalue weighted by Gasteiger charge is 2.12. The number of sulfonamides is 1. The third kappa shape index (κ3) is 4.87. The van der Waals surface area contributed by atoms with Crippen LogP contribution in [0.2, 0.25) is 0 Å². The third-order valence-electron chi connectivity index (χ3n) is 3.45. The van der Waals surface area contributed by atoms with Gasteiger partial charge in [0, 0.05) is 6.54 Å². The first-order valence-electron chi connectivity index (χ1n) is 7.74. The lowest BCUT2D eigenvalue weighted by Gasteiger charge is -2.07. The van der Waals surface area contributed by atoms with Gasteiger partial charge in [-0.3, -0.25) is 9.98 Å². The van der Waals surface area contributed by atoms with Gasteiger partial charge < -0.3 is 5.73 Å². The molecule has 0 spiro atoms. The molecule has 0 aliphatic rings. The molecule has 0 saturated carbocycles. The molecule has 0 aliphatic carbocycles. The van der Waals surface area contributed by atoms with E-state index in [-0.39, 0.29) is 11.4 Å². The Hall–Kier alpha value is -2.25. The van der Waals surface area contributed by atoms with Gasteiger partial charge >= 0.3 is 0 Å². The lowest BCUT2D eigenvalue weighted by molar-refractivity contribution is 0.582. The normalized spacial score (nSPS) is 12.3. The van der Waals surface area contributed by atoms with E-state index in [1.165, 1.54) is 0 Å². The van der Waals surface area contributed by atoms with Crippen molar-refractivity contribution >= 4 is 21.4 Å². The second-order valence-corrected chi connectivity index (χ2v) is 7.14. The molecule has 0 fully saturated rings. The SMILES string of the molecule is CCC(=NCCNS(=O)(=O)c1ccc(C)cc1)c1ccc(N)cn1. The molecule has 1 heterocycles. The van der Waals surface area contributed by atoms with Gasteiger partial charge in [0.2, 0.25) is 10.0 Å². The van der Waals surface area contributed by atoms with Crippen molar-refractivity contribution in [2.75, 3.05) is 18.8 Å². The Bertz CT molecular complexity index is 797. The monoisotopic (exact) mass is 346 g/mol. The molecule has 0 aliphatic heterocycles. The highest BCUT2D eigenvalue weighted by atomic mass is 32.2. The maximum absolute atomic E-state index is 12.2. The first kappa shape index (κ1) is 18.1. The van der Waals surface area contributed by atoms with E-state index in [2.05, 4.69) is 14.7 Å². The minimum atomic E-state index is -3.50. The zero-order chi connectivity index (χ0) is 17.6. The summed E-state index contributed by atoms with van der Waals surface area (Å²) in [6.45, 7) is 4.47. The Kier molecular flexibility index (Phi) is 6.05. The number of benzene rings is 1. The summed E-state index contributed by atoms with van der Waals surface area (Å²) in [4.78, 5) is 8.94. The summed E-state index contributed by atoms with van der Waals surface area (Å²) >= 11 is 0. The third-order valence-corrected chi connectivity index (χ3v) is 4.93. The molecule has 2 rings (SSSR count). The predicted octanol–water partition coefficient (Wildman–Crippen LogP) is 2.15. The maximum atomic E-state index is 12.2. The first-order chi connectivity index (χ1) is 11.4. The van der Waals surface area contributed by atoms with Gasteiger partial charge in [0.1, 0.15) is 0 Å². The topological polar surface area (TPSA) is 97.4 Å². The van der Waals surface area contributed by atoms with Crippen LogP contribution >= 0.6 is 0 Å². The van der Waals surface area contributed by atoms with Gasteiger partial charge in [0.25, 0.3) is 0 Å². The highest BCUT2D eigenvalue weighted by Crippen LogP contribution is 2.09. The molecule has 0 saturated heterocycles. The number of rotatable bonds is 7. The van der Waals surface area contributed by atoms with Crippen LogP contribution in [0.1, 0.15) is 24.6 Å². The Morgan fingerprint density at radius 3 is 2.50 bits per heavy atom. The second kappa shape index (κ2) is 8.03. The highest BCUT2D eigenvalue weighted by molar-refractivity contribution is 7.89. The lowest BCUT2D eigenvalue weighted by atomic mass is 10.2. The summed E-state index contributed by atoms with van der Waals surface area (Å²) < 4.78 is 26.9. The first-order valence-corrected chi connectivity index (χ1v) is 9.22. The van der Waals surface area contributed by atoms with E-state index in [1.807, 2.05) is 19.9 Å². The largest absolute Gasteiger partial charge is 0.397 e. The van der Waals surface area contributed by atoms with E-state index in [4.69, 9.17) is 5.73 Å². The van der Waals surface area contributed by atoms with Crippen molar-refractivity contribution in [3.05, 3.63) is 53.9 Å². The van der Waals surface area contributed by atoms with Crippen LogP contribution in [0.15, 0.2) is 52.5 Å². The van der Waals surface area contributed by atoms with Crippen LogP contribution < -0.4 is 10.5 Å². The molecule has 0 radical (unpaired) electrons. The van der Waals surface area contributed by atoms with Crippen LogP contribution in [0.4, 0.5) is 5.69 Å². The average Bonchev–Trinajstić information content (AvgIpc) is 2.56. The molecule has 0 bridgehead atoms. The Labute approximate surface area is 142 Å². The second-order valence-electron chi connectivity index (χ2n) is 5.37. The minimum absolute atomic E-state index is 0.231. The van der Waals surface area contributed by atoms with Gasteiger partial charge in [-0.15, -0.1) is 0 Å². The number of hydrogen-bond donors (Lipinski definition) is 2. The summed E-state index contributed by atoms with van der Waals surface area (Å²) in [7, 11) is -3.50. The molecule has 128 valence electrons. The lowest BCUT2D eigenvalue weighted by Crippen LogP contribution is -2.26. The number of pyridine rings is 1. The van der Waals surface area contributed by atoms with E-state index < -0.39 is 10.0 Å². The fourth-order valence-corrected chi connectivity index (χ4v) is 3.14. The number of nitrogens with two attached hydrogens (primary N) is 1. The standard InChI is InChI=1S/C17H22N4O2S/c1-3-16(17-9-6-14(18)12-20-17)19-10-11-21-24(22,23)15-7-4-13(2)5-8-15/h4-9,12,21H,3,10-11,18H2,1-2H3. The maximum Gasteiger partial charge on any atom is 0.240 e. The van der Waals surface area contributed by atoms with Gasteiger partial charge in [-0.05, 0) is 37.6 Å². The summed E-state index contributed by atoms with van der Waals surface area (Å²) in [6, 6.07) is 10.3. The molecule has 3 N–H and O–H groups in total. The van der Waals surface area contributed by atoms with Gasteiger partial charge in [0.15, 0.2) is 0 Å². The number of anilines is 1. The van der Waals surface area contributed by atoms with Gasteiger partial charge in [-0.2, -0.15) is 0 Å². The Morgan fingerprint density at radius 1 is 1.21 bits per heavy atom. The molecular weight excluding hydrogens is 324 g/mol. The molecule has 1 aromatic heterocycles. The van der Waals surface area contributed by atoms with Gasteiger partial charge in [-0.1, -0.05) is 24.6 Å². The summed E-state index contributed by atoms with van der Waals surface area (Å²) in [5, 5.41) is 0. The zero-order valence-electron chi connectivity index (χ0n) is 13.9. The fourth-order valence-electron chi connectivity index (χ4n) is 2.12. The number of nitrogen functional groups attached to an aromatic ring is 1. The quantitative estimate of drug-likeness (QED) is 0.593. The molecule has 0 unspecified atom stereocenters. The molecule has 0 amide bonds. The van der Waals surface area contributed by atoms with Crippen molar-refractivity contribution in [3.8, 4) is 0 Å². The number of nitrogens with one attached hydrogen (secondary N) is 1. The van der Waals surface area contributed by atoms with Crippen molar-refractivity contribution in [1.29, 1.82) is 0 Å². The van der Waals surface area contributed by atoms with Gasteiger partial charge in [-0.25, -0.2) is 13.1 Å². The number of aromatic nitrogens is 1. The summed E-state index contributed by atoms with van der Waals surface area (Å²) in [5.41, 5.74) is 8.82. The Morgan fingerprint density at radius 2 is 1.92 bits per heavy atom. The molecule has 6 nitrogen and oxygen atoms in total.